The first-order valence-electron chi connectivity index (χ1n) is 7.94. The van der Waals surface area contributed by atoms with Crippen LogP contribution in [0.15, 0.2) is 35.1 Å². The Morgan fingerprint density at radius 1 is 1.14 bits per heavy atom. The summed E-state index contributed by atoms with van der Waals surface area (Å²) in [5.41, 5.74) is 0.371. The highest BCUT2D eigenvalue weighted by Gasteiger charge is 2.15. The van der Waals surface area contributed by atoms with E-state index in [4.69, 9.17) is 27.7 Å². The number of nitrogens with zero attached hydrogens (tertiary/aromatic N) is 4. The molecular weight excluding hydrogens is 522 g/mol. The van der Waals surface area contributed by atoms with Crippen molar-refractivity contribution in [1.82, 2.24) is 30.6 Å². The second-order valence-corrected chi connectivity index (χ2v) is 7.57. The first kappa shape index (κ1) is 20.6. The van der Waals surface area contributed by atoms with Gasteiger partial charge in [-0.1, -0.05) is 28.4 Å². The first-order chi connectivity index (χ1) is 13.4. The van der Waals surface area contributed by atoms with Crippen LogP contribution in [0.4, 0.5) is 0 Å². The van der Waals surface area contributed by atoms with E-state index < -0.39 is 5.91 Å². The molecule has 12 heteroatoms. The lowest BCUT2D eigenvalue weighted by atomic mass is 10.2. The summed E-state index contributed by atoms with van der Waals surface area (Å²) in [5, 5.41) is 13.8. The topological polar surface area (TPSA) is 115 Å². The molecule has 0 saturated carbocycles. The van der Waals surface area contributed by atoms with Crippen molar-refractivity contribution in [3.8, 4) is 0 Å². The van der Waals surface area contributed by atoms with Crippen LogP contribution in [0.3, 0.4) is 0 Å². The van der Waals surface area contributed by atoms with Gasteiger partial charge >= 0.3 is 11.8 Å². The fraction of sp³-hybridized carbons (Fsp3) is 0.188. The lowest BCUT2D eigenvalue weighted by Gasteiger charge is -2.06. The normalized spacial score (nSPS) is 10.7. The molecule has 3 aromatic rings. The number of benzene rings is 1. The smallest absolute Gasteiger partial charge is 0.316 e. The van der Waals surface area contributed by atoms with Crippen molar-refractivity contribution in [3.63, 3.8) is 0 Å². The standard InChI is InChI=1S/C16H13Cl2IN6O3/c17-11-2-1-9(5-12(11)18)14(26)20-3-4-21-15(27)16-23-13(24-28-16)8-25-7-10(19)6-22-25/h1-2,5-7H,3-4,8H2,(H,20,26)(H,21,27). The summed E-state index contributed by atoms with van der Waals surface area (Å²) in [7, 11) is 0. The van der Waals surface area contributed by atoms with Crippen LogP contribution in [0, 0.1) is 3.57 Å². The van der Waals surface area contributed by atoms with Gasteiger partial charge in [0.05, 0.1) is 19.8 Å². The van der Waals surface area contributed by atoms with E-state index in [1.54, 1.807) is 16.9 Å². The fourth-order valence-electron chi connectivity index (χ4n) is 2.15. The highest BCUT2D eigenvalue weighted by Crippen LogP contribution is 2.22. The maximum absolute atomic E-state index is 12.0. The average molecular weight is 535 g/mol. The van der Waals surface area contributed by atoms with Crippen molar-refractivity contribution in [2.24, 2.45) is 0 Å². The molecule has 1 aromatic carbocycles. The number of nitrogens with one attached hydrogen (secondary N) is 2. The molecule has 146 valence electrons. The number of hydrogen-bond acceptors (Lipinski definition) is 6. The van der Waals surface area contributed by atoms with E-state index >= 15 is 0 Å². The zero-order valence-corrected chi connectivity index (χ0v) is 17.8. The summed E-state index contributed by atoms with van der Waals surface area (Å²) >= 11 is 13.8. The molecule has 0 radical (unpaired) electrons. The van der Waals surface area contributed by atoms with Crippen molar-refractivity contribution < 1.29 is 14.1 Å². The van der Waals surface area contributed by atoms with E-state index in [-0.39, 0.29) is 24.9 Å². The number of halogens is 3. The van der Waals surface area contributed by atoms with Crippen molar-refractivity contribution in [2.45, 2.75) is 6.54 Å². The van der Waals surface area contributed by atoms with Crippen LogP contribution >= 0.6 is 45.8 Å². The van der Waals surface area contributed by atoms with Crippen LogP contribution in [0.2, 0.25) is 10.0 Å². The molecule has 2 N–H and O–H groups in total. The largest absolute Gasteiger partial charge is 0.350 e. The zero-order chi connectivity index (χ0) is 20.1. The van der Waals surface area contributed by atoms with Gasteiger partial charge in [-0.25, -0.2) is 0 Å². The molecule has 9 nitrogen and oxygen atoms in total. The number of hydrogen-bond donors (Lipinski definition) is 2. The fourth-order valence-corrected chi connectivity index (χ4v) is 2.89. The molecule has 0 unspecified atom stereocenters. The van der Waals surface area contributed by atoms with Gasteiger partial charge in [0.25, 0.3) is 5.91 Å². The van der Waals surface area contributed by atoms with Crippen molar-refractivity contribution >= 4 is 57.6 Å². The predicted octanol–water partition coefficient (Wildman–Crippen LogP) is 2.39. The molecule has 0 aliphatic carbocycles. The van der Waals surface area contributed by atoms with E-state index in [0.29, 0.717) is 28.0 Å². The van der Waals surface area contributed by atoms with Crippen molar-refractivity contribution in [1.29, 1.82) is 0 Å². The highest BCUT2D eigenvalue weighted by molar-refractivity contribution is 14.1. The minimum Gasteiger partial charge on any atom is -0.350 e. The minimum absolute atomic E-state index is 0.160. The van der Waals surface area contributed by atoms with E-state index in [1.165, 1.54) is 12.1 Å². The second-order valence-electron chi connectivity index (χ2n) is 5.51. The van der Waals surface area contributed by atoms with Crippen LogP contribution in [0.5, 0.6) is 0 Å². The highest BCUT2D eigenvalue weighted by atomic mass is 127. The van der Waals surface area contributed by atoms with Gasteiger partial charge in [0.15, 0.2) is 5.82 Å². The van der Waals surface area contributed by atoms with Gasteiger partial charge < -0.3 is 15.2 Å². The number of aromatic nitrogens is 4. The zero-order valence-electron chi connectivity index (χ0n) is 14.2. The van der Waals surface area contributed by atoms with Crippen LogP contribution in [0.1, 0.15) is 26.9 Å². The van der Waals surface area contributed by atoms with Gasteiger partial charge in [-0.3, -0.25) is 14.3 Å². The number of rotatable bonds is 7. The van der Waals surface area contributed by atoms with Gasteiger partial charge in [0.1, 0.15) is 6.54 Å². The number of carbonyl (C=O) groups is 2. The molecular formula is C16H13Cl2IN6O3. The van der Waals surface area contributed by atoms with Gasteiger partial charge in [-0.05, 0) is 40.8 Å². The molecule has 0 aliphatic rings. The summed E-state index contributed by atoms with van der Waals surface area (Å²) in [6, 6.07) is 4.57. The third-order valence-electron chi connectivity index (χ3n) is 3.45. The van der Waals surface area contributed by atoms with E-state index in [0.717, 1.165) is 3.57 Å². The van der Waals surface area contributed by atoms with Crippen molar-refractivity contribution in [3.05, 3.63) is 61.5 Å². The SMILES string of the molecule is O=C(NCCNC(=O)c1nc(Cn2cc(I)cn2)no1)c1ccc(Cl)c(Cl)c1. The third kappa shape index (κ3) is 5.42. The molecule has 0 aliphatic heterocycles. The second kappa shape index (κ2) is 9.34. The summed E-state index contributed by atoms with van der Waals surface area (Å²) < 4.78 is 7.55. The van der Waals surface area contributed by atoms with Crippen LogP contribution < -0.4 is 10.6 Å². The third-order valence-corrected chi connectivity index (χ3v) is 4.74. The molecule has 28 heavy (non-hydrogen) atoms. The molecule has 2 heterocycles. The monoisotopic (exact) mass is 534 g/mol. The van der Waals surface area contributed by atoms with E-state index in [2.05, 4.69) is 48.5 Å². The lowest BCUT2D eigenvalue weighted by molar-refractivity contribution is 0.0898. The maximum Gasteiger partial charge on any atom is 0.316 e. The van der Waals surface area contributed by atoms with Crippen LogP contribution in [-0.2, 0) is 6.54 Å². The average Bonchev–Trinajstić information content (AvgIpc) is 3.30. The van der Waals surface area contributed by atoms with Crippen molar-refractivity contribution in [2.75, 3.05) is 13.1 Å². The summed E-state index contributed by atoms with van der Waals surface area (Å²) in [6.07, 6.45) is 3.51. The number of carbonyl (C=O) groups excluding carboxylic acids is 2. The predicted molar refractivity (Wildman–Crippen MR) is 109 cm³/mol. The Morgan fingerprint density at radius 2 is 1.89 bits per heavy atom. The summed E-state index contributed by atoms with van der Waals surface area (Å²) in [6.45, 7) is 0.679. The van der Waals surface area contributed by atoms with Crippen LogP contribution in [0.25, 0.3) is 0 Å². The quantitative estimate of drug-likeness (QED) is 0.355. The Balaban J connectivity index is 1.44. The Labute approximate surface area is 182 Å². The van der Waals surface area contributed by atoms with E-state index in [1.807, 2.05) is 6.20 Å². The maximum atomic E-state index is 12.0. The van der Waals surface area contributed by atoms with Gasteiger partial charge in [-0.2, -0.15) is 10.1 Å². The molecule has 0 atom stereocenters. The van der Waals surface area contributed by atoms with Gasteiger partial charge in [0.2, 0.25) is 0 Å². The molecule has 2 amide bonds. The molecule has 0 fully saturated rings. The minimum atomic E-state index is -0.530. The Hall–Kier alpha value is -2.18. The first-order valence-corrected chi connectivity index (χ1v) is 9.78. The molecule has 0 bridgehead atoms. The molecule has 0 spiro atoms. The van der Waals surface area contributed by atoms with Crippen LogP contribution in [-0.4, -0.2) is 44.8 Å². The molecule has 2 aromatic heterocycles. The van der Waals surface area contributed by atoms with E-state index in [9.17, 15) is 9.59 Å². The summed E-state index contributed by atoms with van der Waals surface area (Å²) in [5.74, 6) is -0.690. The Morgan fingerprint density at radius 3 is 2.57 bits per heavy atom. The molecule has 3 rings (SSSR count). The molecule has 0 saturated heterocycles. The summed E-state index contributed by atoms with van der Waals surface area (Å²) in [4.78, 5) is 28.1. The lowest BCUT2D eigenvalue weighted by Crippen LogP contribution is -2.34. The van der Waals surface area contributed by atoms with Gasteiger partial charge in [-0.15, -0.1) is 0 Å². The Kier molecular flexibility index (Phi) is 6.86. The number of amides is 2. The Bertz CT molecular complexity index is 1010. The van der Waals surface area contributed by atoms with Gasteiger partial charge in [0, 0.05) is 24.8 Å².